The van der Waals surface area contributed by atoms with Crippen LogP contribution in [0.1, 0.15) is 18.2 Å². The summed E-state index contributed by atoms with van der Waals surface area (Å²) in [6.45, 7) is 4.52. The van der Waals surface area contributed by atoms with Crippen molar-refractivity contribution in [3.05, 3.63) is 66.1 Å². The van der Waals surface area contributed by atoms with Crippen LogP contribution in [0.25, 0.3) is 11.7 Å². The molecular weight excluding hydrogens is 302 g/mol. The van der Waals surface area contributed by atoms with E-state index < -0.39 is 0 Å². The molecule has 0 atom stereocenters. The third-order valence-corrected chi connectivity index (χ3v) is 3.46. The highest BCUT2D eigenvalue weighted by Gasteiger charge is 2.02. The van der Waals surface area contributed by atoms with E-state index in [0.717, 1.165) is 28.3 Å². The minimum Gasteiger partial charge on any atom is -0.494 e. The van der Waals surface area contributed by atoms with Gasteiger partial charge in [0, 0.05) is 18.5 Å². The van der Waals surface area contributed by atoms with Gasteiger partial charge in [-0.1, -0.05) is 12.1 Å². The van der Waals surface area contributed by atoms with Crippen molar-refractivity contribution in [1.82, 2.24) is 9.38 Å². The Morgan fingerprint density at radius 2 is 2.00 bits per heavy atom. The Morgan fingerprint density at radius 3 is 2.75 bits per heavy atom. The molecule has 1 aromatic carbocycles. The van der Waals surface area contributed by atoms with Gasteiger partial charge in [-0.2, -0.15) is 0 Å². The number of rotatable bonds is 5. The summed E-state index contributed by atoms with van der Waals surface area (Å²) in [5.74, 6) is 0.642. The van der Waals surface area contributed by atoms with E-state index in [1.165, 1.54) is 6.08 Å². The Balaban J connectivity index is 1.65. The smallest absolute Gasteiger partial charge is 0.248 e. The number of nitrogens with one attached hydrogen (secondary N) is 1. The molecule has 0 spiro atoms. The van der Waals surface area contributed by atoms with Crippen LogP contribution in [0.5, 0.6) is 5.75 Å². The first-order valence-electron chi connectivity index (χ1n) is 7.81. The maximum atomic E-state index is 12.0. The lowest BCUT2D eigenvalue weighted by atomic mass is 10.2. The summed E-state index contributed by atoms with van der Waals surface area (Å²) in [5.41, 5.74) is 3.46. The Labute approximate surface area is 140 Å². The molecule has 0 saturated carbocycles. The van der Waals surface area contributed by atoms with Gasteiger partial charge >= 0.3 is 0 Å². The second-order valence-corrected chi connectivity index (χ2v) is 5.39. The normalized spacial score (nSPS) is 11.1. The van der Waals surface area contributed by atoms with Crippen LogP contribution in [-0.4, -0.2) is 21.9 Å². The van der Waals surface area contributed by atoms with Gasteiger partial charge in [0.25, 0.3) is 0 Å². The van der Waals surface area contributed by atoms with Crippen molar-refractivity contribution in [2.45, 2.75) is 13.8 Å². The summed E-state index contributed by atoms with van der Waals surface area (Å²) < 4.78 is 7.28. The van der Waals surface area contributed by atoms with Gasteiger partial charge in [0.15, 0.2) is 0 Å². The molecule has 3 aromatic rings. The van der Waals surface area contributed by atoms with Crippen LogP contribution in [-0.2, 0) is 4.79 Å². The number of amides is 1. The molecule has 1 amide bonds. The summed E-state index contributed by atoms with van der Waals surface area (Å²) in [7, 11) is 0. The van der Waals surface area contributed by atoms with Crippen molar-refractivity contribution < 1.29 is 9.53 Å². The highest BCUT2D eigenvalue weighted by atomic mass is 16.5. The van der Waals surface area contributed by atoms with E-state index in [4.69, 9.17) is 4.74 Å². The predicted octanol–water partition coefficient (Wildman–Crippen LogP) is 3.69. The predicted molar refractivity (Wildman–Crippen MR) is 95.2 cm³/mol. The summed E-state index contributed by atoms with van der Waals surface area (Å²) in [4.78, 5) is 16.4. The van der Waals surface area contributed by atoms with E-state index in [9.17, 15) is 4.79 Å². The number of pyridine rings is 1. The Morgan fingerprint density at radius 1 is 1.21 bits per heavy atom. The molecule has 0 radical (unpaired) electrons. The first kappa shape index (κ1) is 15.8. The molecule has 122 valence electrons. The summed E-state index contributed by atoms with van der Waals surface area (Å²) >= 11 is 0. The standard InChI is InChI=1S/C19H19N3O2/c1-3-24-17-8-4-15(5-9-17)6-11-19(23)21-16-7-10-18-20-14(2)12-22(18)13-16/h4-13H,3H2,1-2H3,(H,21,23)/b11-6+. The summed E-state index contributed by atoms with van der Waals surface area (Å²) in [6.07, 6.45) is 7.04. The molecule has 0 bridgehead atoms. The average Bonchev–Trinajstić information content (AvgIpc) is 2.94. The second-order valence-electron chi connectivity index (χ2n) is 5.39. The largest absolute Gasteiger partial charge is 0.494 e. The third-order valence-electron chi connectivity index (χ3n) is 3.46. The lowest BCUT2D eigenvalue weighted by Crippen LogP contribution is -2.08. The van der Waals surface area contributed by atoms with Crippen LogP contribution in [0.2, 0.25) is 0 Å². The fourth-order valence-electron chi connectivity index (χ4n) is 2.39. The minimum atomic E-state index is -0.180. The molecule has 0 aliphatic heterocycles. The Kier molecular flexibility index (Phi) is 4.61. The molecule has 3 rings (SSSR count). The van der Waals surface area contributed by atoms with Gasteiger partial charge < -0.3 is 14.5 Å². The van der Waals surface area contributed by atoms with Crippen LogP contribution < -0.4 is 10.1 Å². The van der Waals surface area contributed by atoms with Gasteiger partial charge in [-0.15, -0.1) is 0 Å². The van der Waals surface area contributed by atoms with Crippen LogP contribution in [0.15, 0.2) is 54.9 Å². The van der Waals surface area contributed by atoms with Crippen LogP contribution in [0.4, 0.5) is 5.69 Å². The van der Waals surface area contributed by atoms with E-state index in [1.807, 2.05) is 67.0 Å². The zero-order valence-corrected chi connectivity index (χ0v) is 13.7. The van der Waals surface area contributed by atoms with Crippen molar-refractivity contribution in [3.8, 4) is 5.75 Å². The zero-order valence-electron chi connectivity index (χ0n) is 13.7. The van der Waals surface area contributed by atoms with Gasteiger partial charge in [0.05, 0.1) is 18.0 Å². The monoisotopic (exact) mass is 321 g/mol. The SMILES string of the molecule is CCOc1ccc(/C=C/C(=O)Nc2ccc3nc(C)cn3c2)cc1. The Bertz CT molecular complexity index is 879. The highest BCUT2D eigenvalue weighted by molar-refractivity contribution is 6.01. The van der Waals surface area contributed by atoms with Crippen molar-refractivity contribution in [2.24, 2.45) is 0 Å². The van der Waals surface area contributed by atoms with E-state index in [-0.39, 0.29) is 5.91 Å². The number of imidazole rings is 1. The number of benzene rings is 1. The van der Waals surface area contributed by atoms with Gasteiger partial charge in [-0.05, 0) is 49.8 Å². The molecule has 5 heteroatoms. The molecule has 0 aliphatic carbocycles. The number of carbonyl (C=O) groups is 1. The molecule has 24 heavy (non-hydrogen) atoms. The van der Waals surface area contributed by atoms with Crippen molar-refractivity contribution in [1.29, 1.82) is 0 Å². The number of carbonyl (C=O) groups excluding carboxylic acids is 1. The zero-order chi connectivity index (χ0) is 16.9. The highest BCUT2D eigenvalue weighted by Crippen LogP contribution is 2.14. The number of ether oxygens (including phenoxy) is 1. The summed E-state index contributed by atoms with van der Waals surface area (Å²) in [6, 6.07) is 11.3. The van der Waals surface area contributed by atoms with E-state index in [0.29, 0.717) is 6.61 Å². The number of nitrogens with zero attached hydrogens (tertiary/aromatic N) is 2. The van der Waals surface area contributed by atoms with Crippen LogP contribution in [0, 0.1) is 6.92 Å². The average molecular weight is 321 g/mol. The number of anilines is 1. The maximum absolute atomic E-state index is 12.0. The van der Waals surface area contributed by atoms with Crippen LogP contribution in [0.3, 0.4) is 0 Å². The topological polar surface area (TPSA) is 55.6 Å². The van der Waals surface area contributed by atoms with Gasteiger partial charge in [0.1, 0.15) is 11.4 Å². The minimum absolute atomic E-state index is 0.180. The van der Waals surface area contributed by atoms with E-state index in [1.54, 1.807) is 6.08 Å². The third kappa shape index (κ3) is 3.81. The van der Waals surface area contributed by atoms with Crippen molar-refractivity contribution in [2.75, 3.05) is 11.9 Å². The van der Waals surface area contributed by atoms with Crippen molar-refractivity contribution >= 4 is 23.3 Å². The number of aromatic nitrogens is 2. The first-order valence-corrected chi connectivity index (χ1v) is 7.81. The fourth-order valence-corrected chi connectivity index (χ4v) is 2.39. The molecule has 0 fully saturated rings. The molecule has 1 N–H and O–H groups in total. The quantitative estimate of drug-likeness (QED) is 0.729. The van der Waals surface area contributed by atoms with Gasteiger partial charge in [0.2, 0.25) is 5.91 Å². The van der Waals surface area contributed by atoms with Crippen LogP contribution >= 0.6 is 0 Å². The van der Waals surface area contributed by atoms with Gasteiger partial charge in [-0.25, -0.2) is 4.98 Å². The second kappa shape index (κ2) is 7.00. The fraction of sp³-hybridized carbons (Fsp3) is 0.158. The lowest BCUT2D eigenvalue weighted by molar-refractivity contribution is -0.111. The molecular formula is C19H19N3O2. The molecule has 2 aromatic heterocycles. The van der Waals surface area contributed by atoms with E-state index >= 15 is 0 Å². The number of fused-ring (bicyclic) bond motifs is 1. The molecule has 0 saturated heterocycles. The molecule has 5 nitrogen and oxygen atoms in total. The first-order chi connectivity index (χ1) is 11.6. The summed E-state index contributed by atoms with van der Waals surface area (Å²) in [5, 5.41) is 2.85. The van der Waals surface area contributed by atoms with Gasteiger partial charge in [-0.3, -0.25) is 4.79 Å². The molecule has 2 heterocycles. The number of aryl methyl sites for hydroxylation is 1. The lowest BCUT2D eigenvalue weighted by Gasteiger charge is -2.03. The maximum Gasteiger partial charge on any atom is 0.248 e. The number of hydrogen-bond acceptors (Lipinski definition) is 3. The Hall–Kier alpha value is -3.08. The van der Waals surface area contributed by atoms with Crippen molar-refractivity contribution in [3.63, 3.8) is 0 Å². The molecule has 0 unspecified atom stereocenters. The number of hydrogen-bond donors (Lipinski definition) is 1. The molecule has 0 aliphatic rings. The van der Waals surface area contributed by atoms with E-state index in [2.05, 4.69) is 10.3 Å².